The predicted octanol–water partition coefficient (Wildman–Crippen LogP) is 13.4. The maximum Gasteiger partial charge on any atom is 0.181 e. The molecule has 0 unspecified atom stereocenters. The zero-order valence-corrected chi connectivity index (χ0v) is 30.8. The average Bonchev–Trinajstić information content (AvgIpc) is 3.61. The highest BCUT2D eigenvalue weighted by atomic mass is 16.6. The molecule has 0 radical (unpaired) electrons. The molecule has 0 spiro atoms. The van der Waals surface area contributed by atoms with Gasteiger partial charge in [0.15, 0.2) is 28.8 Å². The summed E-state index contributed by atoms with van der Waals surface area (Å²) in [7, 11) is 0. The lowest BCUT2D eigenvalue weighted by atomic mass is 9.68. The number of benzene rings is 8. The average molecular weight is 731 g/mol. The minimum atomic E-state index is -0.545. The van der Waals surface area contributed by atoms with Crippen molar-refractivity contribution < 1.29 is 9.47 Å². The summed E-state index contributed by atoms with van der Waals surface area (Å²) < 4.78 is 13.9. The van der Waals surface area contributed by atoms with E-state index in [-0.39, 0.29) is 0 Å². The van der Waals surface area contributed by atoms with Gasteiger partial charge >= 0.3 is 0 Å². The Labute approximate surface area is 331 Å². The molecule has 2 aliphatic rings. The van der Waals surface area contributed by atoms with Gasteiger partial charge in [0.05, 0.1) is 22.4 Å². The van der Waals surface area contributed by atoms with Crippen LogP contribution in [0, 0.1) is 0 Å². The first-order valence-electron chi connectivity index (χ1n) is 19.2. The summed E-state index contributed by atoms with van der Waals surface area (Å²) >= 11 is 0. The van der Waals surface area contributed by atoms with Gasteiger partial charge in [0.1, 0.15) is 0 Å². The highest BCUT2D eigenvalue weighted by Gasteiger charge is 2.48. The number of nitrogens with zero attached hydrogens (tertiary/aromatic N) is 2. The van der Waals surface area contributed by atoms with E-state index in [0.29, 0.717) is 28.8 Å². The Balaban J connectivity index is 1.05. The highest BCUT2D eigenvalue weighted by molar-refractivity contribution is 5.92. The smallest absolute Gasteiger partial charge is 0.181 e. The van der Waals surface area contributed by atoms with Crippen molar-refractivity contribution in [3.8, 4) is 79.2 Å². The number of ether oxygens (including phenoxy) is 2. The van der Waals surface area contributed by atoms with Gasteiger partial charge in [-0.15, -0.1) is 0 Å². The largest absolute Gasteiger partial charge is 0.449 e. The molecule has 0 fully saturated rings. The first-order chi connectivity index (χ1) is 28.3. The molecule has 1 aliphatic carbocycles. The van der Waals surface area contributed by atoms with Gasteiger partial charge in [-0.05, 0) is 63.2 Å². The van der Waals surface area contributed by atoms with Crippen molar-refractivity contribution >= 4 is 0 Å². The minimum absolute atomic E-state index is 0.545. The summed E-state index contributed by atoms with van der Waals surface area (Å²) in [4.78, 5) is 10.3. The van der Waals surface area contributed by atoms with Crippen LogP contribution < -0.4 is 9.47 Å². The summed E-state index contributed by atoms with van der Waals surface area (Å²) in [6.07, 6.45) is 0. The van der Waals surface area contributed by atoms with E-state index >= 15 is 0 Å². The van der Waals surface area contributed by atoms with Crippen LogP contribution in [0.1, 0.15) is 22.3 Å². The third-order valence-electron chi connectivity index (χ3n) is 11.3. The molecule has 57 heavy (non-hydrogen) atoms. The third-order valence-corrected chi connectivity index (χ3v) is 11.3. The van der Waals surface area contributed by atoms with Gasteiger partial charge in [-0.2, -0.15) is 0 Å². The Hall–Kier alpha value is -7.56. The second-order valence-electron chi connectivity index (χ2n) is 14.5. The second-order valence-corrected chi connectivity index (χ2v) is 14.5. The summed E-state index contributed by atoms with van der Waals surface area (Å²) in [5, 5.41) is 0. The Morgan fingerprint density at radius 1 is 0.351 bits per heavy atom. The topological polar surface area (TPSA) is 44.2 Å². The van der Waals surface area contributed by atoms with E-state index in [9.17, 15) is 0 Å². The minimum Gasteiger partial charge on any atom is -0.449 e. The van der Waals surface area contributed by atoms with E-state index in [4.69, 9.17) is 19.4 Å². The monoisotopic (exact) mass is 730 g/mol. The van der Waals surface area contributed by atoms with Gasteiger partial charge < -0.3 is 9.47 Å². The van der Waals surface area contributed by atoms with Crippen LogP contribution in [-0.4, -0.2) is 9.97 Å². The van der Waals surface area contributed by atoms with Crippen molar-refractivity contribution in [3.63, 3.8) is 0 Å². The summed E-state index contributed by atoms with van der Waals surface area (Å²) in [6.45, 7) is 0. The molecule has 0 saturated carbocycles. The van der Waals surface area contributed by atoms with E-state index in [0.717, 1.165) is 50.3 Å². The first kappa shape index (κ1) is 32.8. The highest BCUT2D eigenvalue weighted by Crippen LogP contribution is 2.62. The Morgan fingerprint density at radius 2 is 0.842 bits per heavy atom. The molecular formula is C53H34N2O2. The fourth-order valence-corrected chi connectivity index (χ4v) is 8.70. The molecule has 268 valence electrons. The van der Waals surface area contributed by atoms with Crippen LogP contribution in [-0.2, 0) is 5.41 Å². The lowest BCUT2D eigenvalue weighted by molar-refractivity contribution is 0.361. The van der Waals surface area contributed by atoms with E-state index in [1.165, 1.54) is 22.3 Å². The normalized spacial score (nSPS) is 13.0. The molecule has 2 heterocycles. The molecule has 4 heteroatoms. The van der Waals surface area contributed by atoms with E-state index in [2.05, 4.69) is 164 Å². The Kier molecular flexibility index (Phi) is 7.68. The van der Waals surface area contributed by atoms with E-state index < -0.39 is 5.41 Å². The van der Waals surface area contributed by atoms with Gasteiger partial charge in [0, 0.05) is 16.7 Å². The van der Waals surface area contributed by atoms with Crippen molar-refractivity contribution in [2.24, 2.45) is 0 Å². The molecule has 1 aliphatic heterocycles. The molecular weight excluding hydrogens is 697 g/mol. The number of rotatable bonds is 6. The van der Waals surface area contributed by atoms with Crippen molar-refractivity contribution in [3.05, 3.63) is 229 Å². The Morgan fingerprint density at radius 3 is 1.51 bits per heavy atom. The lowest BCUT2D eigenvalue weighted by Crippen LogP contribution is -2.28. The fraction of sp³-hybridized carbons (Fsp3) is 0.0189. The van der Waals surface area contributed by atoms with Crippen LogP contribution >= 0.6 is 0 Å². The zero-order valence-electron chi connectivity index (χ0n) is 30.8. The van der Waals surface area contributed by atoms with Crippen LogP contribution in [0.2, 0.25) is 0 Å². The van der Waals surface area contributed by atoms with Crippen molar-refractivity contribution in [1.29, 1.82) is 0 Å². The molecule has 9 aromatic rings. The molecule has 0 saturated heterocycles. The number of hydrogen-bond acceptors (Lipinski definition) is 4. The number of para-hydroxylation sites is 1. The zero-order chi connectivity index (χ0) is 37.8. The molecule has 0 bridgehead atoms. The van der Waals surface area contributed by atoms with E-state index in [1.54, 1.807) is 0 Å². The molecule has 0 N–H and O–H groups in total. The second kappa shape index (κ2) is 13.3. The number of fused-ring (bicyclic) bond motifs is 6. The van der Waals surface area contributed by atoms with Gasteiger partial charge in [-0.3, -0.25) is 0 Å². The maximum atomic E-state index is 7.01. The molecule has 8 aromatic carbocycles. The van der Waals surface area contributed by atoms with Crippen LogP contribution in [0.3, 0.4) is 0 Å². The van der Waals surface area contributed by atoms with Crippen LogP contribution in [0.15, 0.2) is 206 Å². The molecule has 1 aromatic heterocycles. The van der Waals surface area contributed by atoms with Crippen molar-refractivity contribution in [2.75, 3.05) is 0 Å². The van der Waals surface area contributed by atoms with E-state index in [1.807, 2.05) is 42.5 Å². The molecule has 11 rings (SSSR count). The summed E-state index contributed by atoms with van der Waals surface area (Å²) in [5.74, 6) is 3.11. The summed E-state index contributed by atoms with van der Waals surface area (Å²) in [6, 6.07) is 71.7. The van der Waals surface area contributed by atoms with Gasteiger partial charge in [0.25, 0.3) is 0 Å². The van der Waals surface area contributed by atoms with Crippen molar-refractivity contribution in [1.82, 2.24) is 9.97 Å². The van der Waals surface area contributed by atoms with Crippen LogP contribution in [0.5, 0.6) is 23.0 Å². The Bertz CT molecular complexity index is 2890. The fourth-order valence-electron chi connectivity index (χ4n) is 8.70. The first-order valence-corrected chi connectivity index (χ1v) is 19.2. The summed E-state index contributed by atoms with van der Waals surface area (Å²) in [5.41, 5.74) is 13.1. The van der Waals surface area contributed by atoms with Crippen molar-refractivity contribution in [2.45, 2.75) is 5.41 Å². The SMILES string of the molecule is c1ccc(-c2ccc(-c3cc(-c4ccccc4)nc(-c4cccc5c4Oc4ccc6c(c4O5)-c4ccccc4C6(c4ccccc4)c4ccccc4)n3)cc2)cc1. The third kappa shape index (κ3) is 5.30. The van der Waals surface area contributed by atoms with Gasteiger partial charge in [-0.1, -0.05) is 182 Å². The van der Waals surface area contributed by atoms with Gasteiger partial charge in [-0.25, -0.2) is 9.97 Å². The van der Waals surface area contributed by atoms with Gasteiger partial charge in [0.2, 0.25) is 0 Å². The molecule has 4 nitrogen and oxygen atoms in total. The quantitative estimate of drug-likeness (QED) is 0.171. The molecule has 0 amide bonds. The predicted molar refractivity (Wildman–Crippen MR) is 228 cm³/mol. The number of hydrogen-bond donors (Lipinski definition) is 0. The number of aromatic nitrogens is 2. The van der Waals surface area contributed by atoms with Crippen LogP contribution in [0.4, 0.5) is 0 Å². The standard InChI is InChI=1S/C53H34N2O2/c1-5-16-35(17-6-1)36-28-30-38(31-29-36)46-34-45(37-18-7-2-8-19-37)54-52(55-46)42-25-15-27-47-50(42)56-48-33-32-44-49(51(48)57-47)41-24-13-14-26-43(41)53(44,39-20-9-3-10-21-39)40-22-11-4-12-23-40/h1-34H. The van der Waals surface area contributed by atoms with Crippen LogP contribution in [0.25, 0.3) is 56.2 Å². The molecule has 0 atom stereocenters. The maximum absolute atomic E-state index is 7.01. The lowest BCUT2D eigenvalue weighted by Gasteiger charge is -2.34.